The van der Waals surface area contributed by atoms with Crippen molar-refractivity contribution in [2.75, 3.05) is 5.73 Å². The second-order valence-electron chi connectivity index (χ2n) is 4.34. The maximum Gasteiger partial charge on any atom is 0.136 e. The summed E-state index contributed by atoms with van der Waals surface area (Å²) in [6.45, 7) is 1.89. The minimum Gasteiger partial charge on any atom is -0.396 e. The Kier molecular flexibility index (Phi) is 3.23. The van der Waals surface area contributed by atoms with E-state index in [0.29, 0.717) is 17.1 Å². The van der Waals surface area contributed by atoms with E-state index in [-0.39, 0.29) is 0 Å². The molecule has 20 heavy (non-hydrogen) atoms. The summed E-state index contributed by atoms with van der Waals surface area (Å²) in [5.41, 5.74) is 9.73. The van der Waals surface area contributed by atoms with Gasteiger partial charge in [-0.15, -0.1) is 0 Å². The van der Waals surface area contributed by atoms with Crippen molar-refractivity contribution in [1.29, 1.82) is 0 Å². The average Bonchev–Trinajstić information content (AvgIpc) is 2.82. The average molecular weight is 330 g/mol. The number of hydrogen-bond donors (Lipinski definition) is 1. The van der Waals surface area contributed by atoms with Crippen molar-refractivity contribution >= 4 is 21.6 Å². The van der Waals surface area contributed by atoms with Crippen molar-refractivity contribution in [3.63, 3.8) is 0 Å². The molecule has 3 rings (SSSR count). The lowest BCUT2D eigenvalue weighted by atomic mass is 10.2. The van der Waals surface area contributed by atoms with Gasteiger partial charge in [-0.05, 0) is 31.2 Å². The van der Waals surface area contributed by atoms with Gasteiger partial charge in [-0.2, -0.15) is 5.10 Å². The van der Waals surface area contributed by atoms with Crippen LogP contribution < -0.4 is 5.73 Å². The molecular weight excluding hydrogens is 318 g/mol. The Balaban J connectivity index is 2.08. The van der Waals surface area contributed by atoms with Gasteiger partial charge in [-0.1, -0.05) is 15.9 Å². The highest BCUT2D eigenvalue weighted by atomic mass is 79.9. The van der Waals surface area contributed by atoms with Gasteiger partial charge in [0, 0.05) is 16.9 Å². The Hall–Kier alpha value is -2.21. The number of nitrogen functional groups attached to an aromatic ring is 1. The van der Waals surface area contributed by atoms with Gasteiger partial charge in [-0.3, -0.25) is 9.97 Å². The van der Waals surface area contributed by atoms with Gasteiger partial charge < -0.3 is 5.73 Å². The van der Waals surface area contributed by atoms with Crippen molar-refractivity contribution in [2.45, 2.75) is 6.92 Å². The number of rotatable bonds is 2. The third-order valence-corrected chi connectivity index (χ3v) is 3.47. The molecule has 0 fully saturated rings. The smallest absolute Gasteiger partial charge is 0.136 e. The van der Waals surface area contributed by atoms with Gasteiger partial charge in [0.15, 0.2) is 0 Å². The zero-order valence-corrected chi connectivity index (χ0v) is 12.4. The highest BCUT2D eigenvalue weighted by Gasteiger charge is 2.13. The maximum absolute atomic E-state index is 6.05. The molecule has 2 N–H and O–H groups in total. The van der Waals surface area contributed by atoms with E-state index in [0.717, 1.165) is 15.9 Å². The molecule has 0 radical (unpaired) electrons. The van der Waals surface area contributed by atoms with Crippen LogP contribution in [-0.2, 0) is 0 Å². The number of benzene rings is 1. The summed E-state index contributed by atoms with van der Waals surface area (Å²) in [5, 5.41) is 4.51. The quantitative estimate of drug-likeness (QED) is 0.784. The van der Waals surface area contributed by atoms with Crippen LogP contribution in [0.25, 0.3) is 17.1 Å². The van der Waals surface area contributed by atoms with Gasteiger partial charge in [-0.25, -0.2) is 4.68 Å². The lowest BCUT2D eigenvalue weighted by Gasteiger charge is -2.02. The second kappa shape index (κ2) is 5.05. The van der Waals surface area contributed by atoms with Crippen LogP contribution in [-0.4, -0.2) is 19.7 Å². The SMILES string of the molecule is Cc1nccnc1-c1nn(-c2ccc(Br)cc2)cc1N. The van der Waals surface area contributed by atoms with Crippen LogP contribution in [0.4, 0.5) is 5.69 Å². The number of aromatic nitrogens is 4. The van der Waals surface area contributed by atoms with E-state index in [1.54, 1.807) is 23.3 Å². The topological polar surface area (TPSA) is 69.6 Å². The van der Waals surface area contributed by atoms with Gasteiger partial charge >= 0.3 is 0 Å². The van der Waals surface area contributed by atoms with Crippen LogP contribution in [0.2, 0.25) is 0 Å². The predicted molar refractivity (Wildman–Crippen MR) is 81.4 cm³/mol. The third kappa shape index (κ3) is 2.30. The number of hydrogen-bond acceptors (Lipinski definition) is 4. The van der Waals surface area contributed by atoms with Crippen molar-refractivity contribution in [3.8, 4) is 17.1 Å². The molecule has 0 amide bonds. The first-order valence-electron chi connectivity index (χ1n) is 6.04. The molecule has 100 valence electrons. The van der Waals surface area contributed by atoms with E-state index < -0.39 is 0 Å². The molecule has 6 heteroatoms. The molecule has 0 aliphatic carbocycles. The standard InChI is InChI=1S/C14H12BrN5/c1-9-13(18-7-6-17-9)14-12(16)8-20(19-14)11-4-2-10(15)3-5-11/h2-8H,16H2,1H3. The van der Waals surface area contributed by atoms with Crippen molar-refractivity contribution in [1.82, 2.24) is 19.7 Å². The van der Waals surface area contributed by atoms with E-state index in [4.69, 9.17) is 5.73 Å². The molecule has 3 aromatic rings. The monoisotopic (exact) mass is 329 g/mol. The van der Waals surface area contributed by atoms with Crippen molar-refractivity contribution < 1.29 is 0 Å². The lowest BCUT2D eigenvalue weighted by Crippen LogP contribution is -1.97. The molecule has 0 saturated carbocycles. The summed E-state index contributed by atoms with van der Waals surface area (Å²) in [5.74, 6) is 0. The summed E-state index contributed by atoms with van der Waals surface area (Å²) in [6, 6.07) is 7.84. The summed E-state index contributed by atoms with van der Waals surface area (Å²) < 4.78 is 2.76. The second-order valence-corrected chi connectivity index (χ2v) is 5.26. The van der Waals surface area contributed by atoms with E-state index in [1.165, 1.54) is 0 Å². The summed E-state index contributed by atoms with van der Waals surface area (Å²) in [6.07, 6.45) is 5.08. The van der Waals surface area contributed by atoms with Crippen LogP contribution in [0.15, 0.2) is 47.3 Å². The highest BCUT2D eigenvalue weighted by molar-refractivity contribution is 9.10. The molecule has 5 nitrogen and oxygen atoms in total. The molecule has 2 aromatic heterocycles. The van der Waals surface area contributed by atoms with E-state index in [2.05, 4.69) is 31.0 Å². The molecular formula is C14H12BrN5. The van der Waals surface area contributed by atoms with E-state index >= 15 is 0 Å². The van der Waals surface area contributed by atoms with E-state index in [9.17, 15) is 0 Å². The molecule has 0 bridgehead atoms. The van der Waals surface area contributed by atoms with Crippen molar-refractivity contribution in [3.05, 3.63) is 53.0 Å². The van der Waals surface area contributed by atoms with Gasteiger partial charge in [0.1, 0.15) is 11.4 Å². The molecule has 2 heterocycles. The Morgan fingerprint density at radius 3 is 2.45 bits per heavy atom. The molecule has 0 spiro atoms. The summed E-state index contributed by atoms with van der Waals surface area (Å²) >= 11 is 3.41. The molecule has 0 unspecified atom stereocenters. The van der Waals surface area contributed by atoms with Crippen molar-refractivity contribution in [2.24, 2.45) is 0 Å². The number of nitrogens with zero attached hydrogens (tertiary/aromatic N) is 4. The Morgan fingerprint density at radius 2 is 1.75 bits per heavy atom. The van der Waals surface area contributed by atoms with Gasteiger partial charge in [0.25, 0.3) is 0 Å². The summed E-state index contributed by atoms with van der Waals surface area (Å²) in [7, 11) is 0. The first kappa shape index (κ1) is 12.8. The number of halogens is 1. The fourth-order valence-electron chi connectivity index (χ4n) is 1.94. The molecule has 0 atom stereocenters. The van der Waals surface area contributed by atoms with E-state index in [1.807, 2.05) is 31.2 Å². The number of aryl methyl sites for hydroxylation is 1. The molecule has 0 aliphatic heterocycles. The minimum absolute atomic E-state index is 0.580. The number of nitrogens with two attached hydrogens (primary N) is 1. The Bertz CT molecular complexity index is 749. The molecule has 0 aliphatic rings. The first-order valence-corrected chi connectivity index (χ1v) is 6.83. The third-order valence-electron chi connectivity index (χ3n) is 2.94. The van der Waals surface area contributed by atoms with Crippen LogP contribution in [0.5, 0.6) is 0 Å². The maximum atomic E-state index is 6.05. The predicted octanol–water partition coefficient (Wildman–Crippen LogP) is 2.98. The first-order chi connectivity index (χ1) is 9.65. The van der Waals surface area contributed by atoms with Crippen LogP contribution in [0.1, 0.15) is 5.69 Å². The highest BCUT2D eigenvalue weighted by Crippen LogP contribution is 2.25. The fraction of sp³-hybridized carbons (Fsp3) is 0.0714. The zero-order valence-electron chi connectivity index (χ0n) is 10.8. The zero-order chi connectivity index (χ0) is 14.1. The van der Waals surface area contributed by atoms with Gasteiger partial charge in [0.2, 0.25) is 0 Å². The normalized spacial score (nSPS) is 10.7. The molecule has 1 aromatic carbocycles. The van der Waals surface area contributed by atoms with Crippen LogP contribution >= 0.6 is 15.9 Å². The number of anilines is 1. The lowest BCUT2D eigenvalue weighted by molar-refractivity contribution is 0.880. The Labute approximate surface area is 124 Å². The molecule has 0 saturated heterocycles. The fourth-order valence-corrected chi connectivity index (χ4v) is 2.20. The van der Waals surface area contributed by atoms with Crippen LogP contribution in [0, 0.1) is 6.92 Å². The van der Waals surface area contributed by atoms with Crippen LogP contribution in [0.3, 0.4) is 0 Å². The minimum atomic E-state index is 0.580. The van der Waals surface area contributed by atoms with Gasteiger partial charge in [0.05, 0.1) is 23.3 Å². The summed E-state index contributed by atoms with van der Waals surface area (Å²) in [4.78, 5) is 8.52. The Morgan fingerprint density at radius 1 is 1.05 bits per heavy atom. The largest absolute Gasteiger partial charge is 0.396 e.